The Kier molecular flexibility index (Phi) is 3.26. The van der Waals surface area contributed by atoms with Crippen molar-refractivity contribution in [3.8, 4) is 0 Å². The van der Waals surface area contributed by atoms with Crippen LogP contribution in [0.2, 0.25) is 0 Å². The van der Waals surface area contributed by atoms with Crippen molar-refractivity contribution in [2.45, 2.75) is 45.6 Å². The van der Waals surface area contributed by atoms with E-state index in [2.05, 4.69) is 21.9 Å². The predicted octanol–water partition coefficient (Wildman–Crippen LogP) is 2.23. The molecule has 1 aliphatic heterocycles. The number of hydrogen-bond acceptors (Lipinski definition) is 5. The molecule has 0 radical (unpaired) electrons. The molecule has 0 aromatic carbocycles. The third-order valence-electron chi connectivity index (χ3n) is 3.71. The zero-order chi connectivity index (χ0) is 13.4. The molecule has 0 spiro atoms. The molecule has 1 unspecified atom stereocenters. The van der Waals surface area contributed by atoms with E-state index in [-0.39, 0.29) is 5.56 Å². The smallest absolute Gasteiger partial charge is 0.275 e. The fourth-order valence-corrected chi connectivity index (χ4v) is 3.75. The molecule has 2 aromatic heterocycles. The molecule has 1 aliphatic rings. The Morgan fingerprint density at radius 1 is 1.47 bits per heavy atom. The summed E-state index contributed by atoms with van der Waals surface area (Å²) in [5, 5.41) is 5.39. The first kappa shape index (κ1) is 12.6. The van der Waals surface area contributed by atoms with Crippen molar-refractivity contribution in [3.05, 3.63) is 22.1 Å². The van der Waals surface area contributed by atoms with Gasteiger partial charge in [0.2, 0.25) is 10.1 Å². The van der Waals surface area contributed by atoms with E-state index in [1.165, 1.54) is 41.2 Å². The quantitative estimate of drug-likeness (QED) is 0.845. The van der Waals surface area contributed by atoms with E-state index >= 15 is 0 Å². The third-order valence-corrected chi connectivity index (χ3v) is 4.65. The predicted molar refractivity (Wildman–Crippen MR) is 77.1 cm³/mol. The molecule has 5 nitrogen and oxygen atoms in total. The van der Waals surface area contributed by atoms with Gasteiger partial charge in [0.1, 0.15) is 0 Å². The fourth-order valence-electron chi connectivity index (χ4n) is 2.70. The van der Waals surface area contributed by atoms with Gasteiger partial charge in [-0.3, -0.25) is 4.79 Å². The number of fused-ring (bicyclic) bond motifs is 1. The second kappa shape index (κ2) is 4.92. The van der Waals surface area contributed by atoms with Gasteiger partial charge in [0.25, 0.3) is 5.56 Å². The highest BCUT2D eigenvalue weighted by molar-refractivity contribution is 7.20. The summed E-state index contributed by atoms with van der Waals surface area (Å²) in [5.74, 6) is 0. The van der Waals surface area contributed by atoms with E-state index in [0.29, 0.717) is 11.0 Å². The highest BCUT2D eigenvalue weighted by Crippen LogP contribution is 2.29. The first-order chi connectivity index (χ1) is 9.19. The summed E-state index contributed by atoms with van der Waals surface area (Å²) in [6.45, 7) is 5.09. The summed E-state index contributed by atoms with van der Waals surface area (Å²) in [4.78, 5) is 19.3. The van der Waals surface area contributed by atoms with Crippen LogP contribution in [0.5, 0.6) is 0 Å². The molecular weight excluding hydrogens is 260 g/mol. The van der Waals surface area contributed by atoms with Gasteiger partial charge in [0.05, 0.1) is 0 Å². The van der Waals surface area contributed by atoms with E-state index in [1.807, 2.05) is 6.92 Å². The molecule has 0 aliphatic carbocycles. The van der Waals surface area contributed by atoms with Crippen LogP contribution in [-0.2, 0) is 0 Å². The maximum absolute atomic E-state index is 11.9. The van der Waals surface area contributed by atoms with Gasteiger partial charge in [0.15, 0.2) is 0 Å². The number of aromatic nitrogens is 3. The first-order valence-corrected chi connectivity index (χ1v) is 7.65. The number of nitrogens with zero attached hydrogens (tertiary/aromatic N) is 4. The number of piperidine rings is 1. The number of anilines is 1. The summed E-state index contributed by atoms with van der Waals surface area (Å²) in [5.41, 5.74) is 0.668. The Morgan fingerprint density at radius 2 is 2.32 bits per heavy atom. The zero-order valence-corrected chi connectivity index (χ0v) is 12.1. The molecule has 102 valence electrons. The molecule has 1 saturated heterocycles. The Morgan fingerprint density at radius 3 is 3.11 bits per heavy atom. The van der Waals surface area contributed by atoms with Gasteiger partial charge in [-0.15, -0.1) is 5.10 Å². The third kappa shape index (κ3) is 2.25. The van der Waals surface area contributed by atoms with Crippen molar-refractivity contribution in [2.75, 3.05) is 11.4 Å². The summed E-state index contributed by atoms with van der Waals surface area (Å²) in [7, 11) is 0. The van der Waals surface area contributed by atoms with Crippen LogP contribution in [0.15, 0.2) is 10.9 Å². The molecule has 0 amide bonds. The van der Waals surface area contributed by atoms with Crippen LogP contribution in [0.4, 0.5) is 5.13 Å². The van der Waals surface area contributed by atoms with Gasteiger partial charge in [-0.2, -0.15) is 4.52 Å². The van der Waals surface area contributed by atoms with Crippen molar-refractivity contribution in [1.29, 1.82) is 0 Å². The van der Waals surface area contributed by atoms with Crippen LogP contribution >= 0.6 is 11.3 Å². The maximum atomic E-state index is 11.9. The van der Waals surface area contributed by atoms with Crippen LogP contribution < -0.4 is 10.5 Å². The van der Waals surface area contributed by atoms with E-state index in [9.17, 15) is 4.79 Å². The molecule has 3 heterocycles. The van der Waals surface area contributed by atoms with Gasteiger partial charge in [0, 0.05) is 24.3 Å². The largest absolute Gasteiger partial charge is 0.344 e. The normalized spacial score (nSPS) is 20.1. The second-order valence-electron chi connectivity index (χ2n) is 5.07. The molecule has 1 atom stereocenters. The molecular formula is C13H18N4OS. The minimum absolute atomic E-state index is 0.0879. The van der Waals surface area contributed by atoms with E-state index in [4.69, 9.17) is 0 Å². The highest BCUT2D eigenvalue weighted by Gasteiger charge is 2.24. The topological polar surface area (TPSA) is 50.5 Å². The minimum Gasteiger partial charge on any atom is -0.344 e. The molecule has 0 N–H and O–H groups in total. The minimum atomic E-state index is -0.0879. The number of aryl methyl sites for hydroxylation is 1. The average Bonchev–Trinajstić information content (AvgIpc) is 2.82. The Bertz CT molecular complexity index is 648. The maximum Gasteiger partial charge on any atom is 0.275 e. The lowest BCUT2D eigenvalue weighted by Gasteiger charge is -2.34. The summed E-state index contributed by atoms with van der Waals surface area (Å²) < 4.78 is 1.42. The summed E-state index contributed by atoms with van der Waals surface area (Å²) >= 11 is 1.52. The molecule has 0 saturated carbocycles. The van der Waals surface area contributed by atoms with Gasteiger partial charge in [-0.25, -0.2) is 4.98 Å². The van der Waals surface area contributed by atoms with Crippen LogP contribution in [0, 0.1) is 6.92 Å². The Hall–Kier alpha value is -1.43. The zero-order valence-electron chi connectivity index (χ0n) is 11.3. The molecule has 3 rings (SSSR count). The average molecular weight is 278 g/mol. The fraction of sp³-hybridized carbons (Fsp3) is 0.615. The lowest BCUT2D eigenvalue weighted by Crippen LogP contribution is -2.39. The van der Waals surface area contributed by atoms with Crippen molar-refractivity contribution < 1.29 is 0 Å². The molecule has 2 aromatic rings. The Labute approximate surface area is 115 Å². The monoisotopic (exact) mass is 278 g/mol. The number of rotatable bonds is 2. The van der Waals surface area contributed by atoms with Gasteiger partial charge < -0.3 is 4.90 Å². The highest BCUT2D eigenvalue weighted by atomic mass is 32.1. The van der Waals surface area contributed by atoms with Crippen LogP contribution in [0.3, 0.4) is 0 Å². The van der Waals surface area contributed by atoms with Crippen molar-refractivity contribution in [1.82, 2.24) is 14.6 Å². The SMILES string of the molecule is CCC1CCCCN1c1nn2c(=O)cc(C)nc2s1. The van der Waals surface area contributed by atoms with E-state index in [0.717, 1.165) is 23.8 Å². The van der Waals surface area contributed by atoms with Crippen LogP contribution in [0.25, 0.3) is 4.96 Å². The van der Waals surface area contributed by atoms with Gasteiger partial charge in [-0.05, 0) is 32.6 Å². The van der Waals surface area contributed by atoms with Crippen molar-refractivity contribution >= 4 is 21.4 Å². The molecule has 1 fully saturated rings. The molecule has 6 heteroatoms. The van der Waals surface area contributed by atoms with Crippen molar-refractivity contribution in [2.24, 2.45) is 0 Å². The van der Waals surface area contributed by atoms with Gasteiger partial charge >= 0.3 is 0 Å². The molecule has 0 bridgehead atoms. The number of hydrogen-bond donors (Lipinski definition) is 0. The second-order valence-corrected chi connectivity index (χ2v) is 6.00. The lowest BCUT2D eigenvalue weighted by atomic mass is 10.0. The summed E-state index contributed by atoms with van der Waals surface area (Å²) in [6, 6.07) is 2.08. The first-order valence-electron chi connectivity index (χ1n) is 6.83. The van der Waals surface area contributed by atoms with Gasteiger partial charge in [-0.1, -0.05) is 18.3 Å². The molecule has 19 heavy (non-hydrogen) atoms. The van der Waals surface area contributed by atoms with Crippen LogP contribution in [0.1, 0.15) is 38.3 Å². The standard InChI is InChI=1S/C13H18N4OS/c1-3-10-6-4-5-7-16(10)13-15-17-11(18)8-9(2)14-12(17)19-13/h8,10H,3-7H2,1-2H3. The summed E-state index contributed by atoms with van der Waals surface area (Å²) in [6.07, 6.45) is 4.83. The van der Waals surface area contributed by atoms with Crippen LogP contribution in [-0.4, -0.2) is 27.2 Å². The van der Waals surface area contributed by atoms with Crippen molar-refractivity contribution in [3.63, 3.8) is 0 Å². The lowest BCUT2D eigenvalue weighted by molar-refractivity contribution is 0.448. The van der Waals surface area contributed by atoms with E-state index in [1.54, 1.807) is 0 Å². The van der Waals surface area contributed by atoms with E-state index < -0.39 is 0 Å². The Balaban J connectivity index is 2.05.